The molecule has 1 aliphatic rings. The lowest BCUT2D eigenvalue weighted by Gasteiger charge is -2.23. The van der Waals surface area contributed by atoms with Gasteiger partial charge in [0, 0.05) is 35.8 Å². The van der Waals surface area contributed by atoms with Gasteiger partial charge < -0.3 is 15.4 Å². The molecular formula is C33H31ClFN7O3S. The molecule has 0 saturated carbocycles. The van der Waals surface area contributed by atoms with Crippen molar-refractivity contribution in [3.63, 3.8) is 0 Å². The van der Waals surface area contributed by atoms with Crippen LogP contribution in [-0.2, 0) is 15.8 Å². The Morgan fingerprint density at radius 2 is 1.91 bits per heavy atom. The maximum absolute atomic E-state index is 15.2. The number of fused-ring (bicyclic) bond motifs is 1. The summed E-state index contributed by atoms with van der Waals surface area (Å²) in [5.41, 5.74) is 2.52. The Labute approximate surface area is 272 Å². The molecule has 1 saturated heterocycles. The fourth-order valence-electron chi connectivity index (χ4n) is 5.34. The number of pyridine rings is 1. The minimum absolute atomic E-state index is 0. The molecule has 1 fully saturated rings. The Bertz CT molecular complexity index is 2030. The van der Waals surface area contributed by atoms with Crippen LogP contribution < -0.4 is 20.1 Å². The van der Waals surface area contributed by atoms with Gasteiger partial charge in [-0.25, -0.2) is 27.8 Å². The molecule has 5 aromatic rings. The van der Waals surface area contributed by atoms with Crippen molar-refractivity contribution >= 4 is 44.8 Å². The molecule has 6 rings (SSSR count). The van der Waals surface area contributed by atoms with Crippen molar-refractivity contribution in [3.8, 4) is 29.0 Å². The number of nitrogens with one attached hydrogen (secondary N) is 3. The molecule has 0 spiro atoms. The number of ether oxygens (including phenoxy) is 1. The molecule has 0 bridgehead atoms. The van der Waals surface area contributed by atoms with Gasteiger partial charge in [-0.3, -0.25) is 4.72 Å². The van der Waals surface area contributed by atoms with Crippen molar-refractivity contribution in [2.75, 3.05) is 23.1 Å². The van der Waals surface area contributed by atoms with Crippen molar-refractivity contribution in [3.05, 3.63) is 102 Å². The first-order valence-corrected chi connectivity index (χ1v) is 16.1. The molecule has 46 heavy (non-hydrogen) atoms. The number of benzene rings is 3. The summed E-state index contributed by atoms with van der Waals surface area (Å²) >= 11 is 0. The van der Waals surface area contributed by atoms with Gasteiger partial charge in [0.2, 0.25) is 21.9 Å². The first-order chi connectivity index (χ1) is 21.8. The number of rotatable bonds is 9. The summed E-state index contributed by atoms with van der Waals surface area (Å²) in [7, 11) is -4.04. The quantitative estimate of drug-likeness (QED) is 0.165. The number of anilines is 2. The number of nitriles is 1. The third kappa shape index (κ3) is 7.34. The van der Waals surface area contributed by atoms with Gasteiger partial charge in [-0.1, -0.05) is 24.3 Å². The zero-order chi connectivity index (χ0) is 31.4. The Morgan fingerprint density at radius 1 is 1.07 bits per heavy atom. The number of hydrogen-bond acceptors (Lipinski definition) is 9. The molecule has 10 nitrogen and oxygen atoms in total. The smallest absolute Gasteiger partial charge is 0.237 e. The van der Waals surface area contributed by atoms with Crippen LogP contribution >= 0.6 is 12.4 Å². The number of aromatic nitrogens is 3. The lowest BCUT2D eigenvalue weighted by atomic mass is 10.0. The first-order valence-electron chi connectivity index (χ1n) is 14.4. The normalized spacial score (nSPS) is 14.6. The van der Waals surface area contributed by atoms with Crippen LogP contribution in [-0.4, -0.2) is 42.5 Å². The van der Waals surface area contributed by atoms with Crippen LogP contribution in [0.5, 0.6) is 11.6 Å². The Kier molecular flexibility index (Phi) is 9.96. The van der Waals surface area contributed by atoms with Gasteiger partial charge in [0.15, 0.2) is 0 Å². The van der Waals surface area contributed by atoms with Crippen LogP contribution in [0.4, 0.5) is 16.0 Å². The second kappa shape index (κ2) is 14.1. The second-order valence-corrected chi connectivity index (χ2v) is 12.5. The van der Waals surface area contributed by atoms with E-state index in [2.05, 4.69) is 25.3 Å². The van der Waals surface area contributed by atoms with Crippen LogP contribution in [0, 0.1) is 24.1 Å². The summed E-state index contributed by atoms with van der Waals surface area (Å²) in [6, 6.07) is 20.0. The molecule has 0 amide bonds. The lowest BCUT2D eigenvalue weighted by Crippen LogP contribution is -2.38. The van der Waals surface area contributed by atoms with Crippen LogP contribution in [0.15, 0.2) is 79.1 Å². The molecule has 3 heterocycles. The predicted octanol–water partition coefficient (Wildman–Crippen LogP) is 6.33. The van der Waals surface area contributed by atoms with Crippen molar-refractivity contribution in [2.24, 2.45) is 0 Å². The Hall–Kier alpha value is -4.83. The molecule has 1 atom stereocenters. The van der Waals surface area contributed by atoms with Crippen molar-refractivity contribution in [2.45, 2.75) is 31.6 Å². The minimum Gasteiger partial charge on any atom is -0.437 e. The van der Waals surface area contributed by atoms with E-state index in [9.17, 15) is 8.42 Å². The largest absolute Gasteiger partial charge is 0.437 e. The predicted molar refractivity (Wildman–Crippen MR) is 178 cm³/mol. The third-order valence-corrected chi connectivity index (χ3v) is 8.73. The number of hydrogen-bond donors (Lipinski definition) is 3. The Morgan fingerprint density at radius 3 is 2.72 bits per heavy atom. The molecule has 0 radical (unpaired) electrons. The molecule has 2 aromatic heterocycles. The zero-order valence-corrected chi connectivity index (χ0v) is 26.5. The van der Waals surface area contributed by atoms with E-state index in [1.54, 1.807) is 60.9 Å². The number of halogens is 2. The summed E-state index contributed by atoms with van der Waals surface area (Å²) in [6.07, 6.45) is 5.38. The maximum Gasteiger partial charge on any atom is 0.237 e. The topological polar surface area (TPSA) is 142 Å². The van der Waals surface area contributed by atoms with Crippen molar-refractivity contribution < 1.29 is 17.5 Å². The zero-order valence-electron chi connectivity index (χ0n) is 24.8. The molecule has 3 aromatic carbocycles. The Balaban J connectivity index is 0.00000417. The van der Waals surface area contributed by atoms with E-state index in [0.29, 0.717) is 44.9 Å². The third-order valence-electron chi connectivity index (χ3n) is 7.50. The lowest BCUT2D eigenvalue weighted by molar-refractivity contribution is 0.466. The molecule has 3 N–H and O–H groups in total. The van der Waals surface area contributed by atoms with Gasteiger partial charge in [0.05, 0.1) is 34.3 Å². The maximum atomic E-state index is 15.2. The monoisotopic (exact) mass is 659 g/mol. The first kappa shape index (κ1) is 32.6. The van der Waals surface area contributed by atoms with Gasteiger partial charge in [-0.2, -0.15) is 5.26 Å². The molecular weight excluding hydrogens is 629 g/mol. The summed E-state index contributed by atoms with van der Waals surface area (Å²) in [5.74, 6) is 0.0115. The van der Waals surface area contributed by atoms with E-state index >= 15 is 4.39 Å². The molecule has 0 aliphatic carbocycles. The van der Waals surface area contributed by atoms with E-state index in [0.717, 1.165) is 31.5 Å². The summed E-state index contributed by atoms with van der Waals surface area (Å²) in [5, 5.41) is 16.7. The minimum atomic E-state index is -4.04. The second-order valence-electron chi connectivity index (χ2n) is 10.8. The number of piperidine rings is 1. The van der Waals surface area contributed by atoms with Crippen molar-refractivity contribution in [1.82, 2.24) is 20.3 Å². The average molecular weight is 660 g/mol. The van der Waals surface area contributed by atoms with E-state index in [1.165, 1.54) is 12.1 Å². The molecule has 1 unspecified atom stereocenters. The highest BCUT2D eigenvalue weighted by Crippen LogP contribution is 2.39. The standard InChI is InChI=1S/C33H30FN7O3S.ClH/c1-21-9-10-25-26(11-12-28(34)30(25)41-45(42,43)20-23-6-2-5-22(17-23)18-35)31(21)44-32-27(8-4-15-37-32)29-13-16-38-33(40-29)39-24-7-3-14-36-19-24;/h2,4-6,8-13,15-17,24,36,41H,3,7,14,19-20H2,1H3,(H,38,39,40);1H. The van der Waals surface area contributed by atoms with Gasteiger partial charge >= 0.3 is 0 Å². The molecule has 1 aliphatic heterocycles. The van der Waals surface area contributed by atoms with E-state index in [1.807, 2.05) is 19.1 Å². The number of nitrogens with zero attached hydrogens (tertiary/aromatic N) is 4. The number of sulfonamides is 1. The van der Waals surface area contributed by atoms with Crippen LogP contribution in [0.3, 0.4) is 0 Å². The molecule has 13 heteroatoms. The summed E-state index contributed by atoms with van der Waals surface area (Å²) < 4.78 is 50.3. The van der Waals surface area contributed by atoms with Gasteiger partial charge in [-0.05, 0) is 79.9 Å². The fourth-order valence-corrected chi connectivity index (χ4v) is 6.55. The summed E-state index contributed by atoms with van der Waals surface area (Å²) in [4.78, 5) is 13.6. The van der Waals surface area contributed by atoms with E-state index in [4.69, 9.17) is 15.0 Å². The van der Waals surface area contributed by atoms with Crippen LogP contribution in [0.2, 0.25) is 0 Å². The van der Waals surface area contributed by atoms with Crippen LogP contribution in [0.1, 0.15) is 29.5 Å². The molecule has 236 valence electrons. The highest BCUT2D eigenvalue weighted by Gasteiger charge is 2.21. The van der Waals surface area contributed by atoms with E-state index < -0.39 is 21.6 Å². The van der Waals surface area contributed by atoms with Crippen LogP contribution in [0.25, 0.3) is 22.0 Å². The van der Waals surface area contributed by atoms with Gasteiger partial charge in [0.25, 0.3) is 0 Å². The average Bonchev–Trinajstić information content (AvgIpc) is 3.04. The summed E-state index contributed by atoms with van der Waals surface area (Å²) in [6.45, 7) is 3.68. The van der Waals surface area contributed by atoms with Crippen molar-refractivity contribution in [1.29, 1.82) is 5.26 Å². The fraction of sp³-hybridized carbons (Fsp3) is 0.212. The SMILES string of the molecule is Cc1ccc2c(NS(=O)(=O)Cc3cccc(C#N)c3)c(F)ccc2c1Oc1ncccc1-c1ccnc(NC2CCCNC2)n1.Cl. The number of aryl methyl sites for hydroxylation is 1. The highest BCUT2D eigenvalue weighted by molar-refractivity contribution is 7.91. The van der Waals surface area contributed by atoms with E-state index in [-0.39, 0.29) is 30.0 Å². The van der Waals surface area contributed by atoms with Gasteiger partial charge in [-0.15, -0.1) is 12.4 Å². The van der Waals surface area contributed by atoms with Gasteiger partial charge in [0.1, 0.15) is 11.6 Å². The highest BCUT2D eigenvalue weighted by atomic mass is 35.5.